The van der Waals surface area contributed by atoms with Crippen molar-refractivity contribution in [3.05, 3.63) is 47.8 Å². The summed E-state index contributed by atoms with van der Waals surface area (Å²) in [6.45, 7) is 10.2. The fourth-order valence-corrected chi connectivity index (χ4v) is 4.40. The molecule has 2 aliphatic rings. The topological polar surface area (TPSA) is 73.6 Å². The Morgan fingerprint density at radius 1 is 0.933 bits per heavy atom. The van der Waals surface area contributed by atoms with Crippen molar-refractivity contribution in [2.75, 3.05) is 49.1 Å². The predicted molar refractivity (Wildman–Crippen MR) is 119 cm³/mol. The van der Waals surface area contributed by atoms with Gasteiger partial charge in [-0.3, -0.25) is 0 Å². The minimum atomic E-state index is 0.442. The Kier molecular flexibility index (Phi) is 5.26. The molecule has 2 saturated heterocycles. The van der Waals surface area contributed by atoms with Gasteiger partial charge in [0.05, 0.1) is 0 Å². The molecule has 158 valence electrons. The smallest absolute Gasteiger partial charge is 0.256 e. The van der Waals surface area contributed by atoms with E-state index in [9.17, 15) is 0 Å². The van der Waals surface area contributed by atoms with Crippen LogP contribution in [0.25, 0.3) is 5.78 Å². The number of piperazine rings is 2. The van der Waals surface area contributed by atoms with Gasteiger partial charge in [0.15, 0.2) is 5.82 Å². The molecule has 2 fully saturated rings. The number of benzene rings is 1. The van der Waals surface area contributed by atoms with E-state index in [0.717, 1.165) is 56.7 Å². The van der Waals surface area contributed by atoms with E-state index in [1.807, 2.05) is 10.6 Å². The average Bonchev–Trinajstić information content (AvgIpc) is 3.16. The molecule has 5 rings (SSSR count). The molecule has 0 amide bonds. The van der Waals surface area contributed by atoms with Crippen LogP contribution in [0.15, 0.2) is 36.4 Å². The molecule has 2 unspecified atom stereocenters. The molecular weight excluding hydrogens is 376 g/mol. The molecular formula is C22H30N8. The van der Waals surface area contributed by atoms with Crippen molar-refractivity contribution in [2.24, 2.45) is 0 Å². The van der Waals surface area contributed by atoms with Gasteiger partial charge in [0.2, 0.25) is 0 Å². The van der Waals surface area contributed by atoms with E-state index in [1.165, 1.54) is 5.56 Å². The van der Waals surface area contributed by atoms with Crippen molar-refractivity contribution >= 4 is 17.4 Å². The van der Waals surface area contributed by atoms with Crippen LogP contribution in [0.4, 0.5) is 11.6 Å². The van der Waals surface area contributed by atoms with E-state index in [-0.39, 0.29) is 0 Å². The second-order valence-electron chi connectivity index (χ2n) is 8.48. The lowest BCUT2D eigenvalue weighted by Crippen LogP contribution is -2.50. The van der Waals surface area contributed by atoms with E-state index >= 15 is 0 Å². The molecule has 2 N–H and O–H groups in total. The number of anilines is 2. The van der Waals surface area contributed by atoms with Gasteiger partial charge in [-0.2, -0.15) is 14.5 Å². The molecule has 30 heavy (non-hydrogen) atoms. The third kappa shape index (κ3) is 3.97. The minimum Gasteiger partial charge on any atom is -0.354 e. The van der Waals surface area contributed by atoms with Crippen LogP contribution in [0.1, 0.15) is 25.2 Å². The van der Waals surface area contributed by atoms with Crippen molar-refractivity contribution in [3.63, 3.8) is 0 Å². The summed E-state index contributed by atoms with van der Waals surface area (Å²) >= 11 is 0. The van der Waals surface area contributed by atoms with E-state index < -0.39 is 0 Å². The van der Waals surface area contributed by atoms with Crippen molar-refractivity contribution < 1.29 is 0 Å². The van der Waals surface area contributed by atoms with Crippen molar-refractivity contribution in [1.82, 2.24) is 30.2 Å². The van der Waals surface area contributed by atoms with E-state index in [4.69, 9.17) is 15.1 Å². The molecule has 0 radical (unpaired) electrons. The minimum absolute atomic E-state index is 0.442. The van der Waals surface area contributed by atoms with Gasteiger partial charge in [-0.25, -0.2) is 0 Å². The first-order valence-corrected chi connectivity index (χ1v) is 10.9. The highest BCUT2D eigenvalue weighted by molar-refractivity contribution is 5.57. The fraction of sp³-hybridized carbons (Fsp3) is 0.500. The molecule has 8 heteroatoms. The quantitative estimate of drug-likeness (QED) is 0.677. The lowest BCUT2D eigenvalue weighted by atomic mass is 10.1. The summed E-state index contributed by atoms with van der Waals surface area (Å²) in [7, 11) is 0. The first-order chi connectivity index (χ1) is 14.7. The zero-order valence-electron chi connectivity index (χ0n) is 17.8. The Balaban J connectivity index is 1.54. The van der Waals surface area contributed by atoms with E-state index in [0.29, 0.717) is 24.3 Å². The summed E-state index contributed by atoms with van der Waals surface area (Å²) in [6, 6.07) is 13.5. The molecule has 2 aromatic heterocycles. The van der Waals surface area contributed by atoms with Gasteiger partial charge in [0, 0.05) is 63.8 Å². The maximum absolute atomic E-state index is 4.92. The Bertz CT molecular complexity index is 1000. The second-order valence-corrected chi connectivity index (χ2v) is 8.48. The monoisotopic (exact) mass is 406 g/mol. The van der Waals surface area contributed by atoms with Crippen LogP contribution < -0.4 is 20.4 Å². The number of nitrogens with zero attached hydrogens (tertiary/aromatic N) is 6. The predicted octanol–water partition coefficient (Wildman–Crippen LogP) is 1.31. The number of rotatable bonds is 4. The summed E-state index contributed by atoms with van der Waals surface area (Å²) in [4.78, 5) is 14.5. The largest absolute Gasteiger partial charge is 0.354 e. The number of hydrogen-bond acceptors (Lipinski definition) is 7. The molecule has 0 saturated carbocycles. The molecule has 0 bridgehead atoms. The second kappa shape index (κ2) is 8.20. The third-order valence-electron chi connectivity index (χ3n) is 5.91. The number of hydrogen-bond donors (Lipinski definition) is 2. The molecule has 0 spiro atoms. The molecule has 8 nitrogen and oxygen atoms in total. The van der Waals surface area contributed by atoms with Gasteiger partial charge >= 0.3 is 0 Å². The zero-order chi connectivity index (χ0) is 20.5. The normalized spacial score (nSPS) is 22.6. The first kappa shape index (κ1) is 19.3. The van der Waals surface area contributed by atoms with Crippen molar-refractivity contribution in [2.45, 2.75) is 32.4 Å². The number of nitrogens with one attached hydrogen (secondary N) is 2. The molecule has 3 aromatic rings. The summed E-state index contributed by atoms with van der Waals surface area (Å²) in [5, 5.41) is 11.9. The summed E-state index contributed by atoms with van der Waals surface area (Å²) in [5.74, 6) is 3.58. The number of aromatic nitrogens is 4. The van der Waals surface area contributed by atoms with Gasteiger partial charge in [0.25, 0.3) is 5.78 Å². The van der Waals surface area contributed by atoms with Crippen LogP contribution in [0, 0.1) is 0 Å². The standard InChI is InChI=1S/C22H30N8/c1-16-14-28(10-8-23-16)20-13-21(29-11-9-24-17(2)15-29)30-22(26-20)25-19(27-30)12-18-6-4-3-5-7-18/h3-7,13,16-17,23-24H,8-12,14-15H2,1-2H3. The maximum Gasteiger partial charge on any atom is 0.256 e. The highest BCUT2D eigenvalue weighted by Gasteiger charge is 2.24. The number of fused-ring (bicyclic) bond motifs is 1. The maximum atomic E-state index is 4.92. The van der Waals surface area contributed by atoms with Gasteiger partial charge < -0.3 is 20.4 Å². The first-order valence-electron chi connectivity index (χ1n) is 10.9. The zero-order valence-corrected chi connectivity index (χ0v) is 17.8. The summed E-state index contributed by atoms with van der Waals surface area (Å²) in [6.07, 6.45) is 0.710. The highest BCUT2D eigenvalue weighted by atomic mass is 15.4. The van der Waals surface area contributed by atoms with Crippen molar-refractivity contribution in [3.8, 4) is 0 Å². The highest BCUT2D eigenvalue weighted by Crippen LogP contribution is 2.24. The molecule has 2 atom stereocenters. The van der Waals surface area contributed by atoms with Gasteiger partial charge in [-0.05, 0) is 19.4 Å². The molecule has 1 aromatic carbocycles. The van der Waals surface area contributed by atoms with Crippen LogP contribution in [-0.4, -0.2) is 70.9 Å². The van der Waals surface area contributed by atoms with E-state index in [1.54, 1.807) is 0 Å². The SMILES string of the molecule is CC1CN(c2cc(N3CCNC(C)C3)n3nc(Cc4ccccc4)nc3n2)CCN1. The summed E-state index contributed by atoms with van der Waals surface area (Å²) < 4.78 is 1.94. The summed E-state index contributed by atoms with van der Waals surface area (Å²) in [5.41, 5.74) is 1.21. The Hall–Kier alpha value is -2.71. The molecule has 2 aliphatic heterocycles. The Morgan fingerprint density at radius 2 is 1.63 bits per heavy atom. The van der Waals surface area contributed by atoms with Gasteiger partial charge in [0.1, 0.15) is 11.6 Å². The van der Waals surface area contributed by atoms with Gasteiger partial charge in [-0.15, -0.1) is 5.10 Å². The Labute approximate surface area is 177 Å². The molecule has 0 aliphatic carbocycles. The van der Waals surface area contributed by atoms with Crippen molar-refractivity contribution in [1.29, 1.82) is 0 Å². The fourth-order valence-electron chi connectivity index (χ4n) is 4.40. The van der Waals surface area contributed by atoms with Crippen LogP contribution in [0.3, 0.4) is 0 Å². The molecule has 4 heterocycles. The van der Waals surface area contributed by atoms with Crippen LogP contribution in [0.2, 0.25) is 0 Å². The van der Waals surface area contributed by atoms with Crippen LogP contribution >= 0.6 is 0 Å². The van der Waals surface area contributed by atoms with Crippen LogP contribution in [-0.2, 0) is 6.42 Å². The van der Waals surface area contributed by atoms with E-state index in [2.05, 4.69) is 64.6 Å². The van der Waals surface area contributed by atoms with Crippen LogP contribution in [0.5, 0.6) is 0 Å². The lowest BCUT2D eigenvalue weighted by Gasteiger charge is -2.35. The average molecular weight is 407 g/mol. The van der Waals surface area contributed by atoms with Gasteiger partial charge in [-0.1, -0.05) is 30.3 Å². The lowest BCUT2D eigenvalue weighted by molar-refractivity contribution is 0.477. The Morgan fingerprint density at radius 3 is 2.37 bits per heavy atom. The third-order valence-corrected chi connectivity index (χ3v) is 5.91.